The van der Waals surface area contributed by atoms with Crippen molar-refractivity contribution in [3.8, 4) is 0 Å². The zero-order chi connectivity index (χ0) is 43.1. The van der Waals surface area contributed by atoms with Crippen LogP contribution in [0.2, 0.25) is 0 Å². The number of phosphoric acid groups is 1. The van der Waals surface area contributed by atoms with Gasteiger partial charge in [-0.1, -0.05) is 100 Å². The molecule has 0 fully saturated rings. The van der Waals surface area contributed by atoms with Crippen LogP contribution in [0.15, 0.2) is 65.2 Å². The summed E-state index contributed by atoms with van der Waals surface area (Å²) in [4.78, 5) is 37.6. The average Bonchev–Trinajstić information content (AvgIpc) is 3.43. The molecule has 0 aliphatic heterocycles. The number of allylic oxidation sites excluding steroid dienone is 8. The number of quaternary nitrogens is 1. The van der Waals surface area contributed by atoms with Crippen LogP contribution >= 0.6 is 7.82 Å². The highest BCUT2D eigenvalue weighted by Gasteiger charge is 2.22. The zero-order valence-corrected chi connectivity index (χ0v) is 37.7. The Morgan fingerprint density at radius 1 is 0.776 bits per heavy atom. The maximum absolute atomic E-state index is 12.7. The number of furan rings is 1. The number of nitrogens with zero attached hydrogens (tertiary/aromatic N) is 1. The molecule has 0 saturated carbocycles. The summed E-state index contributed by atoms with van der Waals surface area (Å²) in [5.74, 6) is 1.25. The summed E-state index contributed by atoms with van der Waals surface area (Å²) >= 11 is 0. The van der Waals surface area contributed by atoms with Crippen molar-refractivity contribution in [1.29, 1.82) is 0 Å². The van der Waals surface area contributed by atoms with Crippen LogP contribution in [-0.4, -0.2) is 81.2 Å². The number of likely N-dealkylation sites (N-methyl/N-ethyl adjacent to an activating group) is 1. The van der Waals surface area contributed by atoms with Gasteiger partial charge in [0.15, 0.2) is 6.10 Å². The summed E-state index contributed by atoms with van der Waals surface area (Å²) in [5.41, 5.74) is 2.56. The fourth-order valence-electron chi connectivity index (χ4n) is 5.70. The molecule has 1 aromatic rings. The van der Waals surface area contributed by atoms with Gasteiger partial charge in [0, 0.05) is 25.7 Å². The number of rotatable bonds is 34. The molecule has 0 aromatic carbocycles. The summed E-state index contributed by atoms with van der Waals surface area (Å²) in [6.07, 6.45) is 31.8. The Balaban J connectivity index is 2.43. The van der Waals surface area contributed by atoms with Crippen LogP contribution < -0.4 is 4.89 Å². The number of phosphoric ester groups is 1. The van der Waals surface area contributed by atoms with Gasteiger partial charge in [-0.25, -0.2) is 0 Å². The van der Waals surface area contributed by atoms with E-state index in [4.69, 9.17) is 22.9 Å². The van der Waals surface area contributed by atoms with E-state index in [1.807, 2.05) is 76.7 Å². The molecule has 0 bridgehead atoms. The predicted molar refractivity (Wildman–Crippen MR) is 231 cm³/mol. The molecule has 330 valence electrons. The summed E-state index contributed by atoms with van der Waals surface area (Å²) in [7, 11) is 1.06. The predicted octanol–water partition coefficient (Wildman–Crippen LogP) is 9.68. The van der Waals surface area contributed by atoms with E-state index in [0.29, 0.717) is 36.7 Å². The second kappa shape index (κ2) is 31.8. The molecule has 58 heavy (non-hydrogen) atoms. The lowest BCUT2D eigenvalue weighted by Gasteiger charge is -2.28. The van der Waals surface area contributed by atoms with Crippen molar-refractivity contribution < 1.29 is 51.6 Å². The normalized spacial score (nSPS) is 14.7. The third kappa shape index (κ3) is 28.4. The highest BCUT2D eigenvalue weighted by Crippen LogP contribution is 2.38. The Kier molecular flexibility index (Phi) is 29.1. The third-order valence-electron chi connectivity index (χ3n) is 9.30. The van der Waals surface area contributed by atoms with E-state index >= 15 is 0 Å². The zero-order valence-electron chi connectivity index (χ0n) is 36.8. The first-order chi connectivity index (χ1) is 27.7. The maximum atomic E-state index is 12.7. The fourth-order valence-corrected chi connectivity index (χ4v) is 6.43. The van der Waals surface area contributed by atoms with Crippen LogP contribution in [0, 0.1) is 13.8 Å². The molecule has 0 saturated heterocycles. The lowest BCUT2D eigenvalue weighted by atomic mass is 10.0. The molecular formula is C46H76NO10P. The number of unbranched alkanes of at least 4 members (excludes halogenated alkanes) is 6. The second-order valence-corrected chi connectivity index (χ2v) is 17.2. The molecule has 1 aromatic heterocycles. The Hall–Kier alpha value is -3.05. The number of carbonyl (C=O) groups is 2. The van der Waals surface area contributed by atoms with E-state index in [1.165, 1.54) is 11.1 Å². The Labute approximate surface area is 350 Å². The van der Waals surface area contributed by atoms with Crippen LogP contribution in [0.5, 0.6) is 0 Å². The number of aliphatic hydroxyl groups excluding tert-OH is 1. The summed E-state index contributed by atoms with van der Waals surface area (Å²) in [6, 6.07) is 0. The van der Waals surface area contributed by atoms with Gasteiger partial charge in [-0.05, 0) is 82.8 Å². The molecule has 0 aliphatic rings. The van der Waals surface area contributed by atoms with Gasteiger partial charge in [0.2, 0.25) is 0 Å². The van der Waals surface area contributed by atoms with Crippen LogP contribution in [-0.2, 0) is 45.5 Å². The first-order valence-corrected chi connectivity index (χ1v) is 22.9. The quantitative estimate of drug-likeness (QED) is 0.0178. The summed E-state index contributed by atoms with van der Waals surface area (Å²) in [5, 5.41) is 9.78. The third-order valence-corrected chi connectivity index (χ3v) is 10.3. The number of ether oxygens (including phenoxy) is 2. The minimum absolute atomic E-state index is 0.0605. The van der Waals surface area contributed by atoms with E-state index in [0.717, 1.165) is 82.1 Å². The van der Waals surface area contributed by atoms with E-state index < -0.39 is 38.6 Å². The lowest BCUT2D eigenvalue weighted by Crippen LogP contribution is -2.37. The van der Waals surface area contributed by atoms with Crippen LogP contribution in [0.1, 0.15) is 133 Å². The topological polar surface area (TPSA) is 145 Å². The molecule has 1 N–H and O–H groups in total. The molecule has 2 unspecified atom stereocenters. The number of aryl methyl sites for hydroxylation is 2. The molecule has 11 nitrogen and oxygen atoms in total. The smallest absolute Gasteiger partial charge is 0.306 e. The monoisotopic (exact) mass is 834 g/mol. The van der Waals surface area contributed by atoms with Crippen LogP contribution in [0.4, 0.5) is 0 Å². The number of hydrogen-bond acceptors (Lipinski definition) is 10. The van der Waals surface area contributed by atoms with Gasteiger partial charge in [0.05, 0.1) is 33.9 Å². The Morgan fingerprint density at radius 2 is 1.40 bits per heavy atom. The largest absolute Gasteiger partial charge is 0.756 e. The molecule has 1 rings (SSSR count). The second-order valence-electron chi connectivity index (χ2n) is 15.8. The minimum Gasteiger partial charge on any atom is -0.756 e. The van der Waals surface area contributed by atoms with Gasteiger partial charge in [0.1, 0.15) is 31.3 Å². The van der Waals surface area contributed by atoms with Crippen molar-refractivity contribution in [1.82, 2.24) is 0 Å². The van der Waals surface area contributed by atoms with E-state index in [2.05, 4.69) is 32.9 Å². The number of aliphatic hydroxyl groups is 1. The fraction of sp³-hybridized carbons (Fsp3) is 0.652. The van der Waals surface area contributed by atoms with Gasteiger partial charge >= 0.3 is 11.9 Å². The molecular weight excluding hydrogens is 757 g/mol. The standard InChI is InChI=1S/C46H76NO10P/c1-8-10-30-41(48)31-25-21-17-15-13-11-12-14-16-18-24-28-34-46(50)56-42(38-55-58(51,52)54-36-35-47(5,6)7)37-53-45(49)33-27-23-20-19-22-26-32-44-40(4)39(3)43(57-44)29-9-2/h10-12,15-18,21,25,30,41-42,48H,8-9,13-14,19-20,22-24,26-29,31-38H2,1-7H3/b12-11-,17-15-,18-16-,25-21+,30-10-/t41?,42-/m1/s1. The van der Waals surface area contributed by atoms with Crippen molar-refractivity contribution in [2.75, 3.05) is 47.5 Å². The Bertz CT molecular complexity index is 1470. The van der Waals surface area contributed by atoms with Gasteiger partial charge in [-0.15, -0.1) is 0 Å². The van der Waals surface area contributed by atoms with Crippen molar-refractivity contribution >= 4 is 19.8 Å². The van der Waals surface area contributed by atoms with Gasteiger partial charge in [0.25, 0.3) is 7.82 Å². The van der Waals surface area contributed by atoms with Gasteiger partial charge in [-0.3, -0.25) is 14.2 Å². The number of hydrogen-bond donors (Lipinski definition) is 1. The van der Waals surface area contributed by atoms with E-state index in [-0.39, 0.29) is 26.1 Å². The molecule has 0 amide bonds. The molecule has 3 atom stereocenters. The highest BCUT2D eigenvalue weighted by molar-refractivity contribution is 7.45. The first kappa shape index (κ1) is 53.0. The Morgan fingerprint density at radius 3 is 2.09 bits per heavy atom. The van der Waals surface area contributed by atoms with Crippen molar-refractivity contribution in [3.05, 3.63) is 83.4 Å². The van der Waals surface area contributed by atoms with Gasteiger partial charge < -0.3 is 37.4 Å². The van der Waals surface area contributed by atoms with Crippen molar-refractivity contribution in [3.63, 3.8) is 0 Å². The number of carbonyl (C=O) groups excluding carboxylic acids is 2. The molecule has 0 spiro atoms. The highest BCUT2D eigenvalue weighted by atomic mass is 31.2. The average molecular weight is 834 g/mol. The minimum atomic E-state index is -4.67. The molecule has 12 heteroatoms. The summed E-state index contributed by atoms with van der Waals surface area (Å²) < 4.78 is 39.9. The lowest BCUT2D eigenvalue weighted by molar-refractivity contribution is -0.870. The molecule has 0 aliphatic carbocycles. The van der Waals surface area contributed by atoms with Crippen LogP contribution in [0.25, 0.3) is 0 Å². The van der Waals surface area contributed by atoms with Gasteiger partial charge in [-0.2, -0.15) is 0 Å². The summed E-state index contributed by atoms with van der Waals surface area (Å²) in [6.45, 7) is 8.04. The SMILES string of the molecule is CC/C=C\C(O)C/C=C/C=C\C/C=C\C/C=C\CCCC(=O)O[C@H](COC(=O)CCCCCCCCc1oc(CCC)c(C)c1C)COP(=O)([O-])OCC[N+](C)(C)C. The van der Waals surface area contributed by atoms with E-state index in [1.54, 1.807) is 0 Å². The maximum Gasteiger partial charge on any atom is 0.306 e. The molecule has 0 radical (unpaired) electrons. The molecule has 1 heterocycles. The van der Waals surface area contributed by atoms with Crippen LogP contribution in [0.3, 0.4) is 0 Å². The number of esters is 2. The van der Waals surface area contributed by atoms with Crippen molar-refractivity contribution in [2.24, 2.45) is 0 Å². The first-order valence-electron chi connectivity index (χ1n) is 21.5. The van der Waals surface area contributed by atoms with E-state index in [9.17, 15) is 24.2 Å². The van der Waals surface area contributed by atoms with Crippen molar-refractivity contribution in [2.45, 2.75) is 149 Å².